The third-order valence-electron chi connectivity index (χ3n) is 7.75. The van der Waals surface area contributed by atoms with Crippen molar-refractivity contribution in [2.24, 2.45) is 11.8 Å². The second-order valence-electron chi connectivity index (χ2n) is 9.15. The van der Waals surface area contributed by atoms with E-state index in [-0.39, 0.29) is 23.0 Å². The quantitative estimate of drug-likeness (QED) is 0.759. The van der Waals surface area contributed by atoms with Gasteiger partial charge in [-0.05, 0) is 81.9 Å². The highest BCUT2D eigenvalue weighted by atomic mass is 16.5. The molecule has 1 aromatic rings. The molecule has 0 aromatic heterocycles. The van der Waals surface area contributed by atoms with Crippen molar-refractivity contribution in [1.29, 1.82) is 0 Å². The van der Waals surface area contributed by atoms with Crippen molar-refractivity contribution in [2.75, 3.05) is 20.2 Å². The van der Waals surface area contributed by atoms with E-state index in [4.69, 9.17) is 4.74 Å². The molecule has 1 saturated heterocycles. The van der Waals surface area contributed by atoms with Gasteiger partial charge in [0.2, 0.25) is 0 Å². The Morgan fingerprint density at radius 2 is 1.96 bits per heavy atom. The Balaban J connectivity index is 1.77. The van der Waals surface area contributed by atoms with Crippen molar-refractivity contribution >= 4 is 0 Å². The first-order chi connectivity index (χ1) is 13.0. The first-order valence-electron chi connectivity index (χ1n) is 10.8. The summed E-state index contributed by atoms with van der Waals surface area (Å²) in [4.78, 5) is 2.69. The molecule has 0 radical (unpaired) electrons. The number of aryl methyl sites for hydroxylation is 1. The van der Waals surface area contributed by atoms with E-state index in [2.05, 4.69) is 18.7 Å². The summed E-state index contributed by atoms with van der Waals surface area (Å²) in [6.45, 7) is 6.83. The fraction of sp³-hybridized carbons (Fsp3) is 0.739. The van der Waals surface area contributed by atoms with Crippen LogP contribution in [-0.2, 0) is 16.6 Å². The number of likely N-dealkylation sites (tertiary alicyclic amines) is 1. The van der Waals surface area contributed by atoms with Gasteiger partial charge in [-0.2, -0.15) is 0 Å². The highest BCUT2D eigenvalue weighted by molar-refractivity contribution is 5.54. The number of aromatic hydroxyl groups is 2. The lowest BCUT2D eigenvalue weighted by atomic mass is 9.55. The molecule has 2 saturated carbocycles. The van der Waals surface area contributed by atoms with E-state index >= 15 is 0 Å². The summed E-state index contributed by atoms with van der Waals surface area (Å²) in [6.07, 6.45) is 8.07. The second kappa shape index (κ2) is 7.29. The molecule has 1 aromatic carbocycles. The number of hydrogen-bond donors (Lipinski definition) is 2. The van der Waals surface area contributed by atoms with Gasteiger partial charge in [0.15, 0.2) is 11.5 Å². The minimum atomic E-state index is -0.105. The van der Waals surface area contributed by atoms with Gasteiger partial charge >= 0.3 is 0 Å². The van der Waals surface area contributed by atoms with Crippen LogP contribution < -0.4 is 0 Å². The van der Waals surface area contributed by atoms with E-state index in [1.165, 1.54) is 24.9 Å². The van der Waals surface area contributed by atoms with Gasteiger partial charge in [0.1, 0.15) is 0 Å². The van der Waals surface area contributed by atoms with E-state index in [1.807, 2.05) is 13.2 Å². The van der Waals surface area contributed by atoms with Gasteiger partial charge < -0.3 is 19.8 Å². The lowest BCUT2D eigenvalue weighted by molar-refractivity contribution is -0.0493. The summed E-state index contributed by atoms with van der Waals surface area (Å²) >= 11 is 0. The van der Waals surface area contributed by atoms with Gasteiger partial charge in [0.05, 0.1) is 6.10 Å². The van der Waals surface area contributed by atoms with Crippen LogP contribution in [0.1, 0.15) is 63.5 Å². The minimum absolute atomic E-state index is 0.0166. The molecule has 4 rings (SSSR count). The normalized spacial score (nSPS) is 34.4. The van der Waals surface area contributed by atoms with E-state index in [9.17, 15) is 10.2 Å². The van der Waals surface area contributed by atoms with Crippen molar-refractivity contribution in [3.05, 3.63) is 23.3 Å². The van der Waals surface area contributed by atoms with E-state index in [0.717, 1.165) is 50.1 Å². The van der Waals surface area contributed by atoms with Crippen LogP contribution in [0.2, 0.25) is 0 Å². The van der Waals surface area contributed by atoms with Crippen molar-refractivity contribution in [3.63, 3.8) is 0 Å². The largest absolute Gasteiger partial charge is 0.504 e. The Labute approximate surface area is 163 Å². The molecule has 2 aliphatic carbocycles. The molecule has 0 spiro atoms. The molecule has 150 valence electrons. The van der Waals surface area contributed by atoms with Gasteiger partial charge in [0.25, 0.3) is 0 Å². The summed E-state index contributed by atoms with van der Waals surface area (Å²) in [5, 5.41) is 21.3. The van der Waals surface area contributed by atoms with Crippen molar-refractivity contribution in [2.45, 2.75) is 76.4 Å². The van der Waals surface area contributed by atoms with Crippen LogP contribution in [0.25, 0.3) is 0 Å². The molecule has 1 aliphatic heterocycles. The Morgan fingerprint density at radius 1 is 1.19 bits per heavy atom. The molecule has 0 amide bonds. The van der Waals surface area contributed by atoms with Crippen molar-refractivity contribution < 1.29 is 14.9 Å². The average Bonchev–Trinajstić information content (AvgIpc) is 3.49. The number of phenolic OH excluding ortho intramolecular Hbond substituents is 2. The Bertz CT molecular complexity index is 686. The molecular weight excluding hydrogens is 338 g/mol. The predicted octanol–water partition coefficient (Wildman–Crippen LogP) is 4.22. The first kappa shape index (κ1) is 19.1. The maximum atomic E-state index is 11.0. The molecule has 0 bridgehead atoms. The van der Waals surface area contributed by atoms with Crippen LogP contribution in [0.5, 0.6) is 11.5 Å². The summed E-state index contributed by atoms with van der Waals surface area (Å²) in [6, 6.07) is 4.16. The van der Waals surface area contributed by atoms with Crippen molar-refractivity contribution in [1.82, 2.24) is 4.90 Å². The SMILES string of the molecule is CCc1ccc(O)c(O)c1[C@]12CCN(CC3CC3)C(C)C1CC[C@@H](OC)C2. The van der Waals surface area contributed by atoms with Crippen LogP contribution in [0.15, 0.2) is 12.1 Å². The highest BCUT2D eigenvalue weighted by Crippen LogP contribution is 2.56. The molecule has 4 nitrogen and oxygen atoms in total. The standard InChI is InChI=1S/C23H35NO3/c1-4-17-7-10-20(25)22(26)21(17)23-11-12-24(14-16-5-6-16)15(2)19(23)9-8-18(13-23)27-3/h7,10,15-16,18-19,25-26H,4-6,8-9,11-14H2,1-3H3/t15?,18-,19?,23+/m1/s1. The number of rotatable bonds is 5. The van der Waals surface area contributed by atoms with Gasteiger partial charge in [-0.1, -0.05) is 13.0 Å². The monoisotopic (exact) mass is 373 g/mol. The van der Waals surface area contributed by atoms with E-state index in [0.29, 0.717) is 12.0 Å². The average molecular weight is 374 g/mol. The van der Waals surface area contributed by atoms with Crippen LogP contribution >= 0.6 is 0 Å². The number of methoxy groups -OCH3 is 1. The lowest BCUT2D eigenvalue weighted by Crippen LogP contribution is -2.58. The van der Waals surface area contributed by atoms with Gasteiger partial charge in [-0.25, -0.2) is 0 Å². The number of piperidine rings is 1. The minimum Gasteiger partial charge on any atom is -0.504 e. The van der Waals surface area contributed by atoms with Crippen LogP contribution in [0, 0.1) is 11.8 Å². The zero-order chi connectivity index (χ0) is 19.2. The van der Waals surface area contributed by atoms with E-state index in [1.54, 1.807) is 6.07 Å². The molecule has 27 heavy (non-hydrogen) atoms. The van der Waals surface area contributed by atoms with Gasteiger partial charge in [-0.3, -0.25) is 0 Å². The van der Waals surface area contributed by atoms with Crippen LogP contribution in [0.3, 0.4) is 0 Å². The van der Waals surface area contributed by atoms with Crippen LogP contribution in [0.4, 0.5) is 0 Å². The lowest BCUT2D eigenvalue weighted by Gasteiger charge is -2.56. The zero-order valence-electron chi connectivity index (χ0n) is 17.1. The fourth-order valence-electron chi connectivity index (χ4n) is 6.07. The van der Waals surface area contributed by atoms with Gasteiger partial charge in [-0.15, -0.1) is 0 Å². The summed E-state index contributed by atoms with van der Waals surface area (Å²) in [5.74, 6) is 1.52. The Morgan fingerprint density at radius 3 is 2.63 bits per heavy atom. The van der Waals surface area contributed by atoms with Crippen molar-refractivity contribution in [3.8, 4) is 11.5 Å². The predicted molar refractivity (Wildman–Crippen MR) is 107 cm³/mol. The molecule has 2 unspecified atom stereocenters. The zero-order valence-corrected chi connectivity index (χ0v) is 17.1. The number of hydrogen-bond acceptors (Lipinski definition) is 4. The molecule has 3 fully saturated rings. The molecule has 4 heteroatoms. The molecule has 3 aliphatic rings. The number of fused-ring (bicyclic) bond motifs is 1. The smallest absolute Gasteiger partial charge is 0.161 e. The van der Waals surface area contributed by atoms with Gasteiger partial charge in [0, 0.05) is 30.7 Å². The highest BCUT2D eigenvalue weighted by Gasteiger charge is 2.53. The first-order valence-corrected chi connectivity index (χ1v) is 10.8. The fourth-order valence-corrected chi connectivity index (χ4v) is 6.07. The Kier molecular flexibility index (Phi) is 5.15. The number of nitrogens with zero attached hydrogens (tertiary/aromatic N) is 1. The maximum absolute atomic E-state index is 11.0. The van der Waals surface area contributed by atoms with Crippen LogP contribution in [-0.4, -0.2) is 47.5 Å². The third-order valence-corrected chi connectivity index (χ3v) is 7.75. The third kappa shape index (κ3) is 3.25. The number of benzene rings is 1. The summed E-state index contributed by atoms with van der Waals surface area (Å²) in [5.41, 5.74) is 2.08. The summed E-state index contributed by atoms with van der Waals surface area (Å²) < 4.78 is 5.81. The molecule has 2 N–H and O–H groups in total. The van der Waals surface area contributed by atoms with E-state index < -0.39 is 0 Å². The summed E-state index contributed by atoms with van der Waals surface area (Å²) in [7, 11) is 1.81. The molecule has 4 atom stereocenters. The maximum Gasteiger partial charge on any atom is 0.161 e. The molecule has 1 heterocycles. The number of ether oxygens (including phenoxy) is 1. The Hall–Kier alpha value is -1.26. The second-order valence-corrected chi connectivity index (χ2v) is 9.15. The molecular formula is C23H35NO3. The number of phenols is 2. The topological polar surface area (TPSA) is 52.9 Å².